The first kappa shape index (κ1) is 21.2. The molecule has 0 N–H and O–H groups in total. The van der Waals surface area contributed by atoms with Crippen LogP contribution in [0.1, 0.15) is 44.9 Å². The van der Waals surface area contributed by atoms with Crippen LogP contribution in [0, 0.1) is 12.7 Å². The summed E-state index contributed by atoms with van der Waals surface area (Å²) in [6, 6.07) is 15.5. The van der Waals surface area contributed by atoms with Crippen LogP contribution in [0.5, 0.6) is 0 Å². The van der Waals surface area contributed by atoms with E-state index < -0.39 is 5.82 Å². The molecule has 0 bridgehead atoms. The number of nitrogens with zero attached hydrogens (tertiary/aromatic N) is 2. The first-order valence-electron chi connectivity index (χ1n) is 10.5. The summed E-state index contributed by atoms with van der Waals surface area (Å²) in [7, 11) is 0. The molecule has 0 fully saturated rings. The lowest BCUT2D eigenvalue weighted by molar-refractivity contribution is -0.134. The normalized spacial score (nSPS) is 15.5. The standard InChI is InChI=1S/C25H25FN2O2S/c1-3-27(25(30)18-8-10-19(26)11-9-18)16-23(29)28-14-12-22-21(13-15-31-22)24(28)20-7-5-4-6-17(20)2/h4-11,13,15,24H,3,12,14,16H2,1-2H3. The number of benzene rings is 2. The van der Waals surface area contributed by atoms with E-state index in [4.69, 9.17) is 0 Å². The Balaban J connectivity index is 1.61. The van der Waals surface area contributed by atoms with Crippen molar-refractivity contribution in [1.82, 2.24) is 9.80 Å². The van der Waals surface area contributed by atoms with Crippen molar-refractivity contribution in [3.05, 3.63) is 92.9 Å². The lowest BCUT2D eigenvalue weighted by atomic mass is 9.90. The minimum absolute atomic E-state index is 0.00540. The van der Waals surface area contributed by atoms with Crippen LogP contribution in [0.15, 0.2) is 60.0 Å². The quantitative estimate of drug-likeness (QED) is 0.575. The Hall–Kier alpha value is -2.99. The van der Waals surface area contributed by atoms with Gasteiger partial charge >= 0.3 is 0 Å². The second-order valence-electron chi connectivity index (χ2n) is 7.72. The number of carbonyl (C=O) groups is 2. The molecule has 2 heterocycles. The molecule has 3 aromatic rings. The van der Waals surface area contributed by atoms with E-state index in [1.165, 1.54) is 39.6 Å². The number of aryl methyl sites for hydroxylation is 1. The molecule has 2 amide bonds. The number of rotatable bonds is 5. The predicted molar refractivity (Wildman–Crippen MR) is 121 cm³/mol. The molecule has 0 spiro atoms. The van der Waals surface area contributed by atoms with E-state index >= 15 is 0 Å². The smallest absolute Gasteiger partial charge is 0.254 e. The molecule has 0 radical (unpaired) electrons. The predicted octanol–water partition coefficient (Wildman–Crippen LogP) is 4.83. The Kier molecular flexibility index (Phi) is 6.18. The fourth-order valence-corrected chi connectivity index (χ4v) is 5.07. The average Bonchev–Trinajstić information content (AvgIpc) is 3.26. The highest BCUT2D eigenvalue weighted by molar-refractivity contribution is 7.10. The minimum atomic E-state index is -0.392. The third-order valence-electron chi connectivity index (χ3n) is 5.86. The monoisotopic (exact) mass is 436 g/mol. The van der Waals surface area contributed by atoms with Crippen molar-refractivity contribution >= 4 is 23.2 Å². The van der Waals surface area contributed by atoms with Gasteiger partial charge in [-0.25, -0.2) is 4.39 Å². The third-order valence-corrected chi connectivity index (χ3v) is 6.85. The van der Waals surface area contributed by atoms with Gasteiger partial charge in [0.1, 0.15) is 12.4 Å². The van der Waals surface area contributed by atoms with E-state index in [2.05, 4.69) is 30.5 Å². The zero-order valence-corrected chi connectivity index (χ0v) is 18.5. The maximum Gasteiger partial charge on any atom is 0.254 e. The lowest BCUT2D eigenvalue weighted by Gasteiger charge is -2.38. The van der Waals surface area contributed by atoms with Crippen LogP contribution < -0.4 is 0 Å². The summed E-state index contributed by atoms with van der Waals surface area (Å²) in [5.41, 5.74) is 3.80. The van der Waals surface area contributed by atoms with Crippen LogP contribution in [0.3, 0.4) is 0 Å². The summed E-state index contributed by atoms with van der Waals surface area (Å²) in [5, 5.41) is 2.08. The summed E-state index contributed by atoms with van der Waals surface area (Å²) in [4.78, 5) is 31.1. The molecule has 31 heavy (non-hydrogen) atoms. The molecule has 0 aliphatic carbocycles. The maximum atomic E-state index is 13.5. The number of hydrogen-bond donors (Lipinski definition) is 0. The van der Waals surface area contributed by atoms with Crippen LogP contribution >= 0.6 is 11.3 Å². The van der Waals surface area contributed by atoms with Crippen LogP contribution in [-0.4, -0.2) is 41.2 Å². The van der Waals surface area contributed by atoms with Gasteiger partial charge in [0.25, 0.3) is 5.91 Å². The van der Waals surface area contributed by atoms with Crippen molar-refractivity contribution < 1.29 is 14.0 Å². The topological polar surface area (TPSA) is 40.6 Å². The molecule has 160 valence electrons. The Morgan fingerprint density at radius 1 is 1.10 bits per heavy atom. The first-order valence-corrected chi connectivity index (χ1v) is 11.3. The number of thiophene rings is 1. The zero-order chi connectivity index (χ0) is 22.0. The average molecular weight is 437 g/mol. The first-order chi connectivity index (χ1) is 15.0. The van der Waals surface area contributed by atoms with Gasteiger partial charge in [-0.15, -0.1) is 11.3 Å². The van der Waals surface area contributed by atoms with Crippen molar-refractivity contribution in [3.8, 4) is 0 Å². The molecule has 1 aliphatic rings. The molecule has 2 aromatic carbocycles. The third kappa shape index (κ3) is 4.26. The van der Waals surface area contributed by atoms with Gasteiger partial charge in [-0.1, -0.05) is 24.3 Å². The van der Waals surface area contributed by atoms with Crippen molar-refractivity contribution in [1.29, 1.82) is 0 Å². The molecule has 1 atom stereocenters. The summed E-state index contributed by atoms with van der Waals surface area (Å²) in [6.45, 7) is 4.92. The van der Waals surface area contributed by atoms with Crippen molar-refractivity contribution in [2.24, 2.45) is 0 Å². The van der Waals surface area contributed by atoms with Gasteiger partial charge in [0.05, 0.1) is 6.04 Å². The largest absolute Gasteiger partial charge is 0.330 e. The highest BCUT2D eigenvalue weighted by atomic mass is 32.1. The van der Waals surface area contributed by atoms with Gasteiger partial charge in [0.2, 0.25) is 5.91 Å². The summed E-state index contributed by atoms with van der Waals surface area (Å²) >= 11 is 1.73. The van der Waals surface area contributed by atoms with Gasteiger partial charge in [-0.05, 0) is 72.7 Å². The molecule has 0 saturated heterocycles. The van der Waals surface area contributed by atoms with E-state index in [0.717, 1.165) is 17.5 Å². The van der Waals surface area contributed by atoms with Gasteiger partial charge in [0, 0.05) is 23.5 Å². The van der Waals surface area contributed by atoms with Crippen molar-refractivity contribution in [2.45, 2.75) is 26.3 Å². The van der Waals surface area contributed by atoms with Gasteiger partial charge in [0.15, 0.2) is 0 Å². The van der Waals surface area contributed by atoms with E-state index in [1.807, 2.05) is 24.0 Å². The SMILES string of the molecule is CCN(CC(=O)N1CCc2sccc2C1c1ccccc1C)C(=O)c1ccc(F)cc1. The van der Waals surface area contributed by atoms with E-state index in [-0.39, 0.29) is 24.4 Å². The molecule has 1 aromatic heterocycles. The van der Waals surface area contributed by atoms with Crippen LogP contribution in [0.4, 0.5) is 4.39 Å². The molecule has 4 nitrogen and oxygen atoms in total. The summed E-state index contributed by atoms with van der Waals surface area (Å²) < 4.78 is 13.2. The Bertz CT molecular complexity index is 1090. The minimum Gasteiger partial charge on any atom is -0.330 e. The second kappa shape index (κ2) is 9.02. The number of amides is 2. The molecule has 4 rings (SSSR count). The fraction of sp³-hybridized carbons (Fsp3) is 0.280. The molecule has 6 heteroatoms. The van der Waals surface area contributed by atoms with Gasteiger partial charge in [-0.3, -0.25) is 9.59 Å². The highest BCUT2D eigenvalue weighted by Gasteiger charge is 2.34. The van der Waals surface area contributed by atoms with Crippen molar-refractivity contribution in [2.75, 3.05) is 19.6 Å². The van der Waals surface area contributed by atoms with E-state index in [9.17, 15) is 14.0 Å². The Morgan fingerprint density at radius 3 is 2.55 bits per heavy atom. The number of hydrogen-bond acceptors (Lipinski definition) is 3. The lowest BCUT2D eigenvalue weighted by Crippen LogP contribution is -2.46. The maximum absolute atomic E-state index is 13.5. The van der Waals surface area contributed by atoms with Crippen molar-refractivity contribution in [3.63, 3.8) is 0 Å². The van der Waals surface area contributed by atoms with Crippen LogP contribution in [0.25, 0.3) is 0 Å². The fourth-order valence-electron chi connectivity index (χ4n) is 4.17. The number of fused-ring (bicyclic) bond motifs is 1. The summed E-state index contributed by atoms with van der Waals surface area (Å²) in [6.07, 6.45) is 0.819. The van der Waals surface area contributed by atoms with E-state index in [1.54, 1.807) is 11.3 Å². The van der Waals surface area contributed by atoms with Gasteiger partial charge < -0.3 is 9.80 Å². The molecule has 0 saturated carbocycles. The second-order valence-corrected chi connectivity index (χ2v) is 8.72. The molecular weight excluding hydrogens is 411 g/mol. The Labute approximate surface area is 185 Å². The van der Waals surface area contributed by atoms with Crippen LogP contribution in [0.2, 0.25) is 0 Å². The van der Waals surface area contributed by atoms with Gasteiger partial charge in [-0.2, -0.15) is 0 Å². The molecule has 1 aliphatic heterocycles. The Morgan fingerprint density at radius 2 is 1.84 bits per heavy atom. The number of likely N-dealkylation sites (N-methyl/N-ethyl adjacent to an activating group) is 1. The molecule has 1 unspecified atom stereocenters. The van der Waals surface area contributed by atoms with Crippen LogP contribution in [-0.2, 0) is 11.2 Å². The zero-order valence-electron chi connectivity index (χ0n) is 17.7. The highest BCUT2D eigenvalue weighted by Crippen LogP contribution is 2.39. The summed E-state index contributed by atoms with van der Waals surface area (Å²) in [5.74, 6) is -0.740. The number of carbonyl (C=O) groups excluding carboxylic acids is 2. The van der Waals surface area contributed by atoms with E-state index in [0.29, 0.717) is 18.7 Å². The number of halogens is 1. The molecular formula is C25H25FN2O2S.